The van der Waals surface area contributed by atoms with Crippen LogP contribution in [0.1, 0.15) is 23.0 Å². The van der Waals surface area contributed by atoms with Crippen LogP contribution in [-0.2, 0) is 0 Å². The van der Waals surface area contributed by atoms with E-state index in [-0.39, 0.29) is 5.91 Å². The van der Waals surface area contributed by atoms with E-state index < -0.39 is 0 Å². The number of benzene rings is 2. The molecule has 1 amide bonds. The average Bonchev–Trinajstić information content (AvgIpc) is 2.63. The molecule has 0 radical (unpaired) electrons. The maximum atomic E-state index is 12.2. The van der Waals surface area contributed by atoms with Crippen molar-refractivity contribution >= 4 is 23.0 Å². The van der Waals surface area contributed by atoms with Gasteiger partial charge in [-0.3, -0.25) is 4.79 Å². The Kier molecular flexibility index (Phi) is 4.81. The molecule has 3 aromatic rings. The molecule has 5 heteroatoms. The summed E-state index contributed by atoms with van der Waals surface area (Å²) in [5, 5.41) is 4.99. The number of fused-ring (bicyclic) bond motifs is 1. The van der Waals surface area contributed by atoms with Gasteiger partial charge in [-0.25, -0.2) is 10.4 Å². The highest BCUT2D eigenvalue weighted by molar-refractivity contribution is 5.95. The smallest absolute Gasteiger partial charge is 0.289 e. The molecule has 5 nitrogen and oxygen atoms in total. The summed E-state index contributed by atoms with van der Waals surface area (Å²) in [5.74, 6) is 0.368. The lowest BCUT2D eigenvalue weighted by Crippen LogP contribution is -2.19. The van der Waals surface area contributed by atoms with E-state index in [4.69, 9.17) is 4.74 Å². The molecule has 24 heavy (non-hydrogen) atoms. The van der Waals surface area contributed by atoms with E-state index in [9.17, 15) is 4.79 Å². The maximum absolute atomic E-state index is 12.2. The zero-order chi connectivity index (χ0) is 16.8. The van der Waals surface area contributed by atoms with Gasteiger partial charge in [0.1, 0.15) is 11.4 Å². The van der Waals surface area contributed by atoms with Crippen molar-refractivity contribution in [3.63, 3.8) is 0 Å². The molecule has 1 heterocycles. The largest absolute Gasteiger partial charge is 0.493 e. The number of hydrogen-bond acceptors (Lipinski definition) is 4. The minimum atomic E-state index is -0.356. The fourth-order valence-electron chi connectivity index (χ4n) is 2.28. The molecule has 1 aromatic heterocycles. The number of amides is 1. The highest BCUT2D eigenvalue weighted by atomic mass is 16.5. The molecule has 120 valence electrons. The predicted molar refractivity (Wildman–Crippen MR) is 94.4 cm³/mol. The second-order valence-electron chi connectivity index (χ2n) is 5.06. The number of hydrogen-bond donors (Lipinski definition) is 1. The van der Waals surface area contributed by atoms with E-state index in [0.717, 1.165) is 22.2 Å². The van der Waals surface area contributed by atoms with Crippen LogP contribution in [0.15, 0.2) is 65.8 Å². The number of hydrazone groups is 1. The topological polar surface area (TPSA) is 63.6 Å². The number of nitrogens with zero attached hydrogens (tertiary/aromatic N) is 2. The summed E-state index contributed by atoms with van der Waals surface area (Å²) in [6, 6.07) is 18.7. The molecule has 1 N–H and O–H groups in total. The van der Waals surface area contributed by atoms with Gasteiger partial charge in [0, 0.05) is 10.9 Å². The van der Waals surface area contributed by atoms with E-state index >= 15 is 0 Å². The lowest BCUT2D eigenvalue weighted by Gasteiger charge is -2.06. The molecule has 0 spiro atoms. The van der Waals surface area contributed by atoms with Crippen LogP contribution in [0.5, 0.6) is 5.75 Å². The van der Waals surface area contributed by atoms with Crippen molar-refractivity contribution in [3.8, 4) is 5.75 Å². The Morgan fingerprint density at radius 2 is 1.92 bits per heavy atom. The quantitative estimate of drug-likeness (QED) is 0.579. The zero-order valence-electron chi connectivity index (χ0n) is 13.3. The Bertz CT molecular complexity index is 890. The van der Waals surface area contributed by atoms with Crippen molar-refractivity contribution in [2.24, 2.45) is 5.10 Å². The minimum absolute atomic E-state index is 0.323. The number of aromatic nitrogens is 1. The zero-order valence-corrected chi connectivity index (χ0v) is 13.3. The minimum Gasteiger partial charge on any atom is -0.493 e. The number of ether oxygens (including phenoxy) is 1. The van der Waals surface area contributed by atoms with Gasteiger partial charge >= 0.3 is 0 Å². The van der Waals surface area contributed by atoms with Crippen LogP contribution >= 0.6 is 0 Å². The van der Waals surface area contributed by atoms with Crippen molar-refractivity contribution < 1.29 is 9.53 Å². The van der Waals surface area contributed by atoms with Gasteiger partial charge in [-0.15, -0.1) is 0 Å². The van der Waals surface area contributed by atoms with Crippen molar-refractivity contribution in [2.45, 2.75) is 6.92 Å². The van der Waals surface area contributed by atoms with Crippen LogP contribution < -0.4 is 10.2 Å². The van der Waals surface area contributed by atoms with Gasteiger partial charge in [0.05, 0.1) is 18.3 Å². The normalized spacial score (nSPS) is 10.9. The van der Waals surface area contributed by atoms with E-state index in [0.29, 0.717) is 12.3 Å². The second kappa shape index (κ2) is 7.37. The highest BCUT2D eigenvalue weighted by Gasteiger charge is 2.07. The lowest BCUT2D eigenvalue weighted by molar-refractivity contribution is 0.0950. The van der Waals surface area contributed by atoms with Gasteiger partial charge in [-0.2, -0.15) is 5.10 Å². The van der Waals surface area contributed by atoms with Crippen LogP contribution in [0.3, 0.4) is 0 Å². The summed E-state index contributed by atoms with van der Waals surface area (Å²) in [6.07, 6.45) is 1.56. The Morgan fingerprint density at radius 3 is 2.79 bits per heavy atom. The standard InChI is InChI=1S/C19H17N3O2/c1-2-24-18-10-6-4-8-15(18)13-20-22-19(23)17-12-11-14-7-3-5-9-16(14)21-17/h3-13H,2H2,1H3,(H,22,23)/b20-13+. The van der Waals surface area contributed by atoms with E-state index in [1.165, 1.54) is 0 Å². The van der Waals surface area contributed by atoms with Gasteiger partial charge in [-0.1, -0.05) is 36.4 Å². The number of para-hydroxylation sites is 2. The molecule has 0 saturated carbocycles. The van der Waals surface area contributed by atoms with Crippen LogP contribution in [-0.4, -0.2) is 23.7 Å². The molecular formula is C19H17N3O2. The molecule has 0 saturated heterocycles. The van der Waals surface area contributed by atoms with Crippen LogP contribution in [0.25, 0.3) is 10.9 Å². The summed E-state index contributed by atoms with van der Waals surface area (Å²) in [5.41, 5.74) is 4.39. The molecule has 0 atom stereocenters. The predicted octanol–water partition coefficient (Wildman–Crippen LogP) is 3.40. The molecule has 0 aliphatic heterocycles. The number of carbonyl (C=O) groups is 1. The monoisotopic (exact) mass is 319 g/mol. The van der Waals surface area contributed by atoms with Gasteiger partial charge in [0.2, 0.25) is 0 Å². The molecule has 0 fully saturated rings. The summed E-state index contributed by atoms with van der Waals surface area (Å²) in [6.45, 7) is 2.49. The summed E-state index contributed by atoms with van der Waals surface area (Å²) in [7, 11) is 0. The second-order valence-corrected chi connectivity index (χ2v) is 5.06. The van der Waals surface area contributed by atoms with Gasteiger partial charge in [-0.05, 0) is 31.2 Å². The molecule has 2 aromatic carbocycles. The van der Waals surface area contributed by atoms with Crippen LogP contribution in [0.4, 0.5) is 0 Å². The number of pyridine rings is 1. The molecule has 0 aliphatic rings. The molecule has 0 unspecified atom stereocenters. The maximum Gasteiger partial charge on any atom is 0.289 e. The summed E-state index contributed by atoms with van der Waals surface area (Å²) >= 11 is 0. The van der Waals surface area contributed by atoms with E-state index in [1.807, 2.05) is 61.5 Å². The molecular weight excluding hydrogens is 302 g/mol. The third-order valence-electron chi connectivity index (χ3n) is 3.42. The van der Waals surface area contributed by atoms with Crippen LogP contribution in [0.2, 0.25) is 0 Å². The fraction of sp³-hybridized carbons (Fsp3) is 0.105. The van der Waals surface area contributed by atoms with Crippen LogP contribution in [0, 0.1) is 0 Å². The SMILES string of the molecule is CCOc1ccccc1/C=N/NC(=O)c1ccc2ccccc2n1. The fourth-order valence-corrected chi connectivity index (χ4v) is 2.28. The van der Waals surface area contributed by atoms with Gasteiger partial charge in [0.25, 0.3) is 5.91 Å². The third-order valence-corrected chi connectivity index (χ3v) is 3.42. The van der Waals surface area contributed by atoms with Gasteiger partial charge < -0.3 is 4.74 Å². The number of carbonyl (C=O) groups excluding carboxylic acids is 1. The first kappa shape index (κ1) is 15.7. The Hall–Kier alpha value is -3.21. The average molecular weight is 319 g/mol. The first-order valence-corrected chi connectivity index (χ1v) is 7.69. The van der Waals surface area contributed by atoms with E-state index in [1.54, 1.807) is 12.3 Å². The van der Waals surface area contributed by atoms with Crippen molar-refractivity contribution in [1.82, 2.24) is 10.4 Å². The number of nitrogens with one attached hydrogen (secondary N) is 1. The molecule has 0 aliphatic carbocycles. The van der Waals surface area contributed by atoms with Crippen molar-refractivity contribution in [2.75, 3.05) is 6.61 Å². The highest BCUT2D eigenvalue weighted by Crippen LogP contribution is 2.15. The molecule has 3 rings (SSSR count). The first-order chi connectivity index (χ1) is 11.8. The third kappa shape index (κ3) is 3.57. The summed E-state index contributed by atoms with van der Waals surface area (Å²) < 4.78 is 5.51. The lowest BCUT2D eigenvalue weighted by atomic mass is 10.2. The number of rotatable bonds is 5. The molecule has 0 bridgehead atoms. The van der Waals surface area contributed by atoms with Crippen molar-refractivity contribution in [3.05, 3.63) is 71.9 Å². The Balaban J connectivity index is 1.72. The van der Waals surface area contributed by atoms with Crippen molar-refractivity contribution in [1.29, 1.82) is 0 Å². The Labute approximate surface area is 140 Å². The Morgan fingerprint density at radius 1 is 1.12 bits per heavy atom. The van der Waals surface area contributed by atoms with E-state index in [2.05, 4.69) is 15.5 Å². The van der Waals surface area contributed by atoms with Gasteiger partial charge in [0.15, 0.2) is 0 Å². The first-order valence-electron chi connectivity index (χ1n) is 7.69. The summed E-state index contributed by atoms with van der Waals surface area (Å²) in [4.78, 5) is 16.5.